The van der Waals surface area contributed by atoms with Gasteiger partial charge in [-0.15, -0.1) is 0 Å². The highest BCUT2D eigenvalue weighted by atomic mass is 15.1. The lowest BCUT2D eigenvalue weighted by molar-refractivity contribution is 0.108. The van der Waals surface area contributed by atoms with Gasteiger partial charge in [0.2, 0.25) is 0 Å². The Morgan fingerprint density at radius 2 is 1.11 bits per heavy atom. The summed E-state index contributed by atoms with van der Waals surface area (Å²) in [6.45, 7) is 16.9. The van der Waals surface area contributed by atoms with Crippen LogP contribution in [0.5, 0.6) is 0 Å². The van der Waals surface area contributed by atoms with Gasteiger partial charge in [-0.2, -0.15) is 0 Å². The first-order chi connectivity index (χ1) is 9.29. The molecule has 0 saturated carbocycles. The van der Waals surface area contributed by atoms with E-state index in [1.807, 2.05) is 27.7 Å². The second-order valence-corrected chi connectivity index (χ2v) is 5.41. The maximum absolute atomic E-state index is 2.60. The lowest BCUT2D eigenvalue weighted by Crippen LogP contribution is -2.39. The summed E-state index contributed by atoms with van der Waals surface area (Å²) in [4.78, 5) is 5.09. The molecule has 0 unspecified atom stereocenters. The number of nitrogens with zero attached hydrogens (tertiary/aromatic N) is 2. The van der Waals surface area contributed by atoms with Crippen LogP contribution in [-0.4, -0.2) is 49.6 Å². The summed E-state index contributed by atoms with van der Waals surface area (Å²) in [5.74, 6) is 2.08. The first kappa shape index (κ1) is 18.9. The molecule has 2 aliphatic rings. The molecule has 116 valence electrons. The van der Waals surface area contributed by atoms with Crippen LogP contribution in [0.3, 0.4) is 0 Å². The molecule has 0 spiro atoms. The minimum Gasteiger partial charge on any atom is -0.306 e. The summed E-state index contributed by atoms with van der Waals surface area (Å²) in [6.07, 6.45) is 5.82. The summed E-state index contributed by atoms with van der Waals surface area (Å²) in [5, 5.41) is 0. The summed E-state index contributed by atoms with van der Waals surface area (Å²) in [7, 11) is 2.26. The fourth-order valence-corrected chi connectivity index (χ4v) is 3.24. The largest absolute Gasteiger partial charge is 0.306 e. The number of piperidine rings is 2. The van der Waals surface area contributed by atoms with Crippen molar-refractivity contribution in [3.05, 3.63) is 0 Å². The van der Waals surface area contributed by atoms with Crippen molar-refractivity contribution in [1.82, 2.24) is 9.80 Å². The minimum absolute atomic E-state index is 1.04. The van der Waals surface area contributed by atoms with E-state index in [1.165, 1.54) is 58.4 Å². The highest BCUT2D eigenvalue weighted by molar-refractivity contribution is 4.81. The third-order valence-corrected chi connectivity index (χ3v) is 4.51. The van der Waals surface area contributed by atoms with Crippen molar-refractivity contribution in [2.75, 3.05) is 39.8 Å². The Morgan fingerprint density at radius 3 is 1.47 bits per heavy atom. The summed E-state index contributed by atoms with van der Waals surface area (Å²) >= 11 is 0. The number of rotatable bonds is 2. The summed E-state index contributed by atoms with van der Waals surface area (Å²) in [5.41, 5.74) is 0. The van der Waals surface area contributed by atoms with Gasteiger partial charge in [0.25, 0.3) is 0 Å². The summed E-state index contributed by atoms with van der Waals surface area (Å²) in [6, 6.07) is 0. The molecule has 0 aromatic heterocycles. The topological polar surface area (TPSA) is 6.48 Å². The van der Waals surface area contributed by atoms with Crippen molar-refractivity contribution < 1.29 is 0 Å². The van der Waals surface area contributed by atoms with Gasteiger partial charge in [-0.1, -0.05) is 34.6 Å². The Labute approximate surface area is 122 Å². The van der Waals surface area contributed by atoms with Gasteiger partial charge in [0, 0.05) is 0 Å². The lowest BCUT2D eigenvalue weighted by Gasteiger charge is -2.39. The molecule has 19 heavy (non-hydrogen) atoms. The Balaban J connectivity index is 0.000000741. The molecule has 0 atom stereocenters. The molecule has 0 N–H and O–H groups in total. The Hall–Kier alpha value is -0.0800. The molecule has 2 nitrogen and oxygen atoms in total. The van der Waals surface area contributed by atoms with Gasteiger partial charge < -0.3 is 9.80 Å². The molecule has 2 heterocycles. The van der Waals surface area contributed by atoms with Crippen molar-refractivity contribution in [2.45, 2.75) is 60.3 Å². The van der Waals surface area contributed by atoms with E-state index in [2.05, 4.69) is 23.8 Å². The second-order valence-electron chi connectivity index (χ2n) is 5.41. The van der Waals surface area contributed by atoms with Crippen molar-refractivity contribution in [3.63, 3.8) is 0 Å². The quantitative estimate of drug-likeness (QED) is 0.745. The van der Waals surface area contributed by atoms with E-state index < -0.39 is 0 Å². The predicted molar refractivity (Wildman–Crippen MR) is 87.8 cm³/mol. The molecule has 2 rings (SSSR count). The van der Waals surface area contributed by atoms with Crippen molar-refractivity contribution in [2.24, 2.45) is 11.8 Å². The van der Waals surface area contributed by atoms with Gasteiger partial charge in [0.15, 0.2) is 0 Å². The molecule has 0 aromatic rings. The zero-order chi connectivity index (χ0) is 14.7. The van der Waals surface area contributed by atoms with E-state index in [0.717, 1.165) is 11.8 Å². The van der Waals surface area contributed by atoms with Crippen LogP contribution in [0.25, 0.3) is 0 Å². The highest BCUT2D eigenvalue weighted by Crippen LogP contribution is 2.31. The average Bonchev–Trinajstić information content (AvgIpc) is 2.52. The summed E-state index contributed by atoms with van der Waals surface area (Å²) < 4.78 is 0. The minimum atomic E-state index is 1.04. The van der Waals surface area contributed by atoms with E-state index in [-0.39, 0.29) is 0 Å². The molecule has 2 saturated heterocycles. The van der Waals surface area contributed by atoms with Crippen LogP contribution < -0.4 is 0 Å². The van der Waals surface area contributed by atoms with Gasteiger partial charge in [-0.05, 0) is 77.3 Å². The molecular weight excluding hydrogens is 232 g/mol. The average molecular weight is 271 g/mol. The van der Waals surface area contributed by atoms with E-state index in [0.29, 0.717) is 0 Å². The molecule has 0 radical (unpaired) electrons. The van der Waals surface area contributed by atoms with Crippen LogP contribution in [-0.2, 0) is 0 Å². The Bertz CT molecular complexity index is 178. The predicted octanol–water partition coefficient (Wildman–Crippen LogP) is 4.11. The van der Waals surface area contributed by atoms with Gasteiger partial charge in [-0.25, -0.2) is 0 Å². The maximum Gasteiger partial charge on any atom is -0.00161 e. The molecule has 0 aromatic carbocycles. The van der Waals surface area contributed by atoms with Crippen LogP contribution in [0, 0.1) is 11.8 Å². The molecule has 0 bridgehead atoms. The third kappa shape index (κ3) is 6.76. The van der Waals surface area contributed by atoms with Crippen LogP contribution in [0.1, 0.15) is 60.3 Å². The van der Waals surface area contributed by atoms with Gasteiger partial charge in [0.05, 0.1) is 0 Å². The SMILES string of the molecule is CC.CC.CCN1CCC(C2CCN(C)CC2)CC1. The van der Waals surface area contributed by atoms with E-state index >= 15 is 0 Å². The Morgan fingerprint density at radius 1 is 0.737 bits per heavy atom. The highest BCUT2D eigenvalue weighted by Gasteiger charge is 2.28. The van der Waals surface area contributed by atoms with Crippen LogP contribution in [0.4, 0.5) is 0 Å². The molecule has 2 aliphatic heterocycles. The van der Waals surface area contributed by atoms with Crippen molar-refractivity contribution in [3.8, 4) is 0 Å². The monoisotopic (exact) mass is 270 g/mol. The molecular formula is C17H38N2. The Kier molecular flexibility index (Phi) is 11.7. The standard InChI is InChI=1S/C13H26N2.2C2H6/c1-3-15-10-6-13(7-11-15)12-4-8-14(2)9-5-12;2*1-2/h12-13H,3-11H2,1-2H3;2*1-2H3. The smallest absolute Gasteiger partial charge is 0.00161 e. The first-order valence-corrected chi connectivity index (χ1v) is 8.70. The molecule has 0 aliphatic carbocycles. The molecule has 0 amide bonds. The van der Waals surface area contributed by atoms with Gasteiger partial charge >= 0.3 is 0 Å². The first-order valence-electron chi connectivity index (χ1n) is 8.70. The second kappa shape index (κ2) is 11.7. The van der Waals surface area contributed by atoms with Gasteiger partial charge in [-0.3, -0.25) is 0 Å². The number of hydrogen-bond donors (Lipinski definition) is 0. The normalized spacial score (nSPS) is 23.1. The van der Waals surface area contributed by atoms with Crippen LogP contribution in [0.2, 0.25) is 0 Å². The number of hydrogen-bond acceptors (Lipinski definition) is 2. The van der Waals surface area contributed by atoms with E-state index in [9.17, 15) is 0 Å². The maximum atomic E-state index is 2.60. The zero-order valence-electron chi connectivity index (χ0n) is 14.4. The van der Waals surface area contributed by atoms with E-state index in [1.54, 1.807) is 0 Å². The molecule has 2 fully saturated rings. The van der Waals surface area contributed by atoms with Crippen molar-refractivity contribution >= 4 is 0 Å². The van der Waals surface area contributed by atoms with E-state index in [4.69, 9.17) is 0 Å². The fraction of sp³-hybridized carbons (Fsp3) is 1.00. The zero-order valence-corrected chi connectivity index (χ0v) is 14.4. The number of likely N-dealkylation sites (tertiary alicyclic amines) is 2. The van der Waals surface area contributed by atoms with Crippen LogP contribution in [0.15, 0.2) is 0 Å². The fourth-order valence-electron chi connectivity index (χ4n) is 3.24. The van der Waals surface area contributed by atoms with Gasteiger partial charge in [0.1, 0.15) is 0 Å². The van der Waals surface area contributed by atoms with Crippen LogP contribution >= 0.6 is 0 Å². The van der Waals surface area contributed by atoms with Crippen molar-refractivity contribution in [1.29, 1.82) is 0 Å². The molecule has 2 heteroatoms. The third-order valence-electron chi connectivity index (χ3n) is 4.51. The lowest BCUT2D eigenvalue weighted by atomic mass is 9.79.